The second-order valence-corrected chi connectivity index (χ2v) is 7.14. The van der Waals surface area contributed by atoms with Crippen LogP contribution in [-0.2, 0) is 0 Å². The third-order valence-corrected chi connectivity index (χ3v) is 5.05. The van der Waals surface area contributed by atoms with Crippen LogP contribution in [-0.4, -0.2) is 24.5 Å². The van der Waals surface area contributed by atoms with E-state index < -0.39 is 11.2 Å². The van der Waals surface area contributed by atoms with E-state index in [0.717, 1.165) is 0 Å². The van der Waals surface area contributed by atoms with Crippen LogP contribution in [0, 0.1) is 11.3 Å². The van der Waals surface area contributed by atoms with E-state index in [0.29, 0.717) is 38.5 Å². The van der Waals surface area contributed by atoms with Crippen molar-refractivity contribution < 1.29 is 0 Å². The van der Waals surface area contributed by atoms with Crippen molar-refractivity contribution in [3.8, 4) is 23.0 Å². The lowest BCUT2D eigenvalue weighted by atomic mass is 10.1. The van der Waals surface area contributed by atoms with E-state index in [1.807, 2.05) is 6.07 Å². The molecule has 0 aliphatic heterocycles. The molecule has 0 aliphatic rings. The molecule has 148 valence electrons. The summed E-state index contributed by atoms with van der Waals surface area (Å²) < 4.78 is 1.36. The zero-order valence-corrected chi connectivity index (χ0v) is 16.5. The van der Waals surface area contributed by atoms with Crippen LogP contribution < -0.4 is 11.2 Å². The highest BCUT2D eigenvalue weighted by Crippen LogP contribution is 2.25. The lowest BCUT2D eigenvalue weighted by Gasteiger charge is -2.12. The molecule has 31 heavy (non-hydrogen) atoms. The van der Waals surface area contributed by atoms with E-state index in [1.165, 1.54) is 10.8 Å². The van der Waals surface area contributed by atoms with Gasteiger partial charge in [-0.15, -0.1) is 0 Å². The number of nitriles is 1. The maximum atomic E-state index is 12.8. The molecular weight excluding hydrogens is 416 g/mol. The normalized spacial score (nSPS) is 11.0. The van der Waals surface area contributed by atoms with Crippen molar-refractivity contribution in [3.05, 3.63) is 92.5 Å². The lowest BCUT2D eigenvalue weighted by molar-refractivity contribution is 0.943. The first-order chi connectivity index (χ1) is 15.0. The van der Waals surface area contributed by atoms with Gasteiger partial charge in [0.05, 0.1) is 27.8 Å². The predicted molar refractivity (Wildman–Crippen MR) is 116 cm³/mol. The maximum absolute atomic E-state index is 12.8. The topological polar surface area (TPSA) is 117 Å². The van der Waals surface area contributed by atoms with Crippen molar-refractivity contribution in [1.29, 1.82) is 5.26 Å². The molecule has 5 rings (SSSR count). The van der Waals surface area contributed by atoms with Crippen LogP contribution in [0.5, 0.6) is 0 Å². The van der Waals surface area contributed by atoms with Crippen molar-refractivity contribution in [2.45, 2.75) is 0 Å². The fourth-order valence-corrected chi connectivity index (χ4v) is 3.59. The lowest BCUT2D eigenvalue weighted by Crippen LogP contribution is -2.29. The van der Waals surface area contributed by atoms with Gasteiger partial charge in [0, 0.05) is 23.0 Å². The Hall–Kier alpha value is -4.35. The SMILES string of the molecule is N#Cc1ccc(-c2ccc3ncc4c(=O)[nH]c(=O)n(-c5cccc(Cl)c5)c4c3n2)cn1. The number of halogens is 1. The van der Waals surface area contributed by atoms with Gasteiger partial charge in [0.25, 0.3) is 5.56 Å². The summed E-state index contributed by atoms with van der Waals surface area (Å²) in [5, 5.41) is 9.62. The molecule has 0 saturated heterocycles. The minimum atomic E-state index is -0.612. The highest BCUT2D eigenvalue weighted by molar-refractivity contribution is 6.30. The smallest absolute Gasteiger partial charge is 0.273 e. The van der Waals surface area contributed by atoms with Crippen LogP contribution in [0.4, 0.5) is 0 Å². The largest absolute Gasteiger partial charge is 0.333 e. The van der Waals surface area contributed by atoms with Gasteiger partial charge < -0.3 is 0 Å². The highest BCUT2D eigenvalue weighted by atomic mass is 35.5. The van der Waals surface area contributed by atoms with Crippen LogP contribution in [0.3, 0.4) is 0 Å². The number of hydrogen-bond acceptors (Lipinski definition) is 6. The summed E-state index contributed by atoms with van der Waals surface area (Å²) in [5.41, 5.74) is 2.06. The Kier molecular flexibility index (Phi) is 4.31. The number of benzene rings is 1. The van der Waals surface area contributed by atoms with Gasteiger partial charge in [0.15, 0.2) is 0 Å². The fourth-order valence-electron chi connectivity index (χ4n) is 3.40. The molecule has 0 spiro atoms. The Bertz CT molecular complexity index is 1650. The molecule has 1 N–H and O–H groups in total. The van der Waals surface area contributed by atoms with E-state index in [4.69, 9.17) is 16.9 Å². The van der Waals surface area contributed by atoms with Crippen LogP contribution >= 0.6 is 11.6 Å². The third-order valence-electron chi connectivity index (χ3n) is 4.82. The number of fused-ring (bicyclic) bond motifs is 3. The van der Waals surface area contributed by atoms with Gasteiger partial charge in [0.2, 0.25) is 0 Å². The monoisotopic (exact) mass is 426 g/mol. The van der Waals surface area contributed by atoms with E-state index in [9.17, 15) is 9.59 Å². The number of nitrogens with one attached hydrogen (secondary N) is 1. The Morgan fingerprint density at radius 2 is 1.90 bits per heavy atom. The molecule has 8 nitrogen and oxygen atoms in total. The predicted octanol–water partition coefficient (Wildman–Crippen LogP) is 3.21. The third kappa shape index (κ3) is 3.13. The first kappa shape index (κ1) is 18.7. The molecule has 0 aliphatic carbocycles. The van der Waals surface area contributed by atoms with Crippen molar-refractivity contribution in [2.24, 2.45) is 0 Å². The standard InChI is InChI=1S/C22H11ClN6O2/c23-13-2-1-3-15(8-13)29-20-16(21(30)28-22(29)31)11-26-18-7-6-17(27-19(18)20)12-4-5-14(9-24)25-10-12/h1-8,10-11H,(H,28,30,31). The van der Waals surface area contributed by atoms with E-state index in [-0.39, 0.29) is 11.1 Å². The zero-order valence-electron chi connectivity index (χ0n) is 15.7. The molecule has 4 heterocycles. The molecule has 0 amide bonds. The molecule has 0 radical (unpaired) electrons. The summed E-state index contributed by atoms with van der Waals surface area (Å²) in [6.45, 7) is 0. The number of aromatic amines is 1. The molecule has 1 aromatic carbocycles. The zero-order chi connectivity index (χ0) is 21.5. The molecule has 0 atom stereocenters. The van der Waals surface area contributed by atoms with Gasteiger partial charge in [-0.2, -0.15) is 5.26 Å². The van der Waals surface area contributed by atoms with E-state index in [1.54, 1.807) is 54.7 Å². The average Bonchev–Trinajstić information content (AvgIpc) is 2.78. The first-order valence-electron chi connectivity index (χ1n) is 9.12. The van der Waals surface area contributed by atoms with Gasteiger partial charge in [-0.25, -0.2) is 14.8 Å². The van der Waals surface area contributed by atoms with Crippen molar-refractivity contribution >= 4 is 33.5 Å². The fraction of sp³-hybridized carbons (Fsp3) is 0. The number of aromatic nitrogens is 5. The molecule has 9 heteroatoms. The maximum Gasteiger partial charge on any atom is 0.333 e. The van der Waals surface area contributed by atoms with Crippen LogP contribution in [0.2, 0.25) is 5.02 Å². The summed E-state index contributed by atoms with van der Waals surface area (Å²) >= 11 is 6.13. The molecular formula is C22H11ClN6O2. The number of pyridine rings is 3. The molecule has 5 aromatic rings. The van der Waals surface area contributed by atoms with Gasteiger partial charge in [-0.05, 0) is 42.5 Å². The van der Waals surface area contributed by atoms with Crippen LogP contribution in [0.25, 0.3) is 38.9 Å². The quantitative estimate of drug-likeness (QED) is 0.433. The summed E-state index contributed by atoms with van der Waals surface area (Å²) in [6.07, 6.45) is 2.96. The Morgan fingerprint density at radius 3 is 2.65 bits per heavy atom. The minimum absolute atomic E-state index is 0.217. The first-order valence-corrected chi connectivity index (χ1v) is 9.50. The number of nitrogens with zero attached hydrogens (tertiary/aromatic N) is 5. The van der Waals surface area contributed by atoms with E-state index >= 15 is 0 Å². The molecule has 0 fully saturated rings. The molecule has 0 bridgehead atoms. The average molecular weight is 427 g/mol. The van der Waals surface area contributed by atoms with Crippen molar-refractivity contribution in [2.75, 3.05) is 0 Å². The van der Waals surface area contributed by atoms with Gasteiger partial charge in [-0.3, -0.25) is 19.3 Å². The van der Waals surface area contributed by atoms with Crippen LogP contribution in [0.15, 0.2) is 70.5 Å². The van der Waals surface area contributed by atoms with Gasteiger partial charge in [-0.1, -0.05) is 17.7 Å². The summed E-state index contributed by atoms with van der Waals surface area (Å²) in [4.78, 5) is 40.7. The number of rotatable bonds is 2. The summed E-state index contributed by atoms with van der Waals surface area (Å²) in [7, 11) is 0. The number of H-pyrrole nitrogens is 1. The molecule has 0 saturated carbocycles. The van der Waals surface area contributed by atoms with Crippen molar-refractivity contribution in [1.82, 2.24) is 24.5 Å². The van der Waals surface area contributed by atoms with Gasteiger partial charge in [0.1, 0.15) is 17.3 Å². The van der Waals surface area contributed by atoms with Crippen molar-refractivity contribution in [3.63, 3.8) is 0 Å². The van der Waals surface area contributed by atoms with Crippen LogP contribution in [0.1, 0.15) is 5.69 Å². The second kappa shape index (κ2) is 7.16. The minimum Gasteiger partial charge on any atom is -0.273 e. The highest BCUT2D eigenvalue weighted by Gasteiger charge is 2.16. The summed E-state index contributed by atoms with van der Waals surface area (Å²) in [5.74, 6) is 0. The summed E-state index contributed by atoms with van der Waals surface area (Å²) in [6, 6.07) is 15.6. The Morgan fingerprint density at radius 1 is 1.03 bits per heavy atom. The van der Waals surface area contributed by atoms with Gasteiger partial charge >= 0.3 is 5.69 Å². The van der Waals surface area contributed by atoms with E-state index in [2.05, 4.69) is 19.9 Å². The Labute approximate surface area is 179 Å². The molecule has 0 unspecified atom stereocenters. The number of hydrogen-bond donors (Lipinski definition) is 1. The Balaban J connectivity index is 1.89. The molecule has 4 aromatic heterocycles. The second-order valence-electron chi connectivity index (χ2n) is 6.70.